The first-order chi connectivity index (χ1) is 11.7. The van der Waals surface area contributed by atoms with Gasteiger partial charge in [-0.2, -0.15) is 0 Å². The van der Waals surface area contributed by atoms with Crippen LogP contribution in [0.1, 0.15) is 17.5 Å². The Balaban J connectivity index is 1.44. The molecule has 0 aromatic heterocycles. The number of nitrogens with one attached hydrogen (secondary N) is 2. The molecule has 2 N–H and O–H groups in total. The molecule has 0 radical (unpaired) electrons. The highest BCUT2D eigenvalue weighted by molar-refractivity contribution is 5.92. The lowest BCUT2D eigenvalue weighted by Gasteiger charge is -2.36. The van der Waals surface area contributed by atoms with Crippen molar-refractivity contribution in [2.24, 2.45) is 0 Å². The molecule has 1 fully saturated rings. The van der Waals surface area contributed by atoms with E-state index in [2.05, 4.69) is 22.8 Å². The first-order valence-electron chi connectivity index (χ1n) is 8.04. The predicted molar refractivity (Wildman–Crippen MR) is 90.2 cm³/mol. The number of hydrogen-bond donors (Lipinski definition) is 2. The number of amides is 2. The summed E-state index contributed by atoms with van der Waals surface area (Å²) in [5.74, 6) is -0.162. The summed E-state index contributed by atoms with van der Waals surface area (Å²) in [6, 6.07) is 18.9. The average Bonchev–Trinajstić information content (AvgIpc) is 2.63. The van der Waals surface area contributed by atoms with E-state index in [-0.39, 0.29) is 18.6 Å². The van der Waals surface area contributed by atoms with Crippen LogP contribution in [0, 0.1) is 0 Å². The van der Waals surface area contributed by atoms with E-state index in [1.54, 1.807) is 0 Å². The van der Waals surface area contributed by atoms with Crippen molar-refractivity contribution in [3.63, 3.8) is 0 Å². The van der Waals surface area contributed by atoms with E-state index in [4.69, 9.17) is 4.74 Å². The van der Waals surface area contributed by atoms with Crippen LogP contribution in [-0.2, 0) is 22.6 Å². The maximum Gasteiger partial charge on any atom is 0.408 e. The number of ether oxygens (including phenoxy) is 1. The number of benzene rings is 2. The molecule has 0 spiro atoms. The maximum absolute atomic E-state index is 11.9. The van der Waals surface area contributed by atoms with Crippen LogP contribution < -0.4 is 10.6 Å². The Bertz CT molecular complexity index is 688. The number of aryl methyl sites for hydroxylation is 1. The quantitative estimate of drug-likeness (QED) is 0.802. The fourth-order valence-electron chi connectivity index (χ4n) is 2.71. The van der Waals surface area contributed by atoms with Crippen LogP contribution in [0.2, 0.25) is 0 Å². The molecule has 0 bridgehead atoms. The summed E-state index contributed by atoms with van der Waals surface area (Å²) in [5.41, 5.74) is 2.12. The molecule has 1 aliphatic rings. The number of hydrogen-bond acceptors (Lipinski definition) is 3. The van der Waals surface area contributed by atoms with Gasteiger partial charge in [-0.15, -0.1) is 0 Å². The molecule has 1 heterocycles. The lowest BCUT2D eigenvalue weighted by molar-refractivity contribution is -0.131. The van der Waals surface area contributed by atoms with Crippen molar-refractivity contribution in [2.75, 3.05) is 0 Å². The molecule has 24 heavy (non-hydrogen) atoms. The van der Waals surface area contributed by atoms with Crippen molar-refractivity contribution in [1.82, 2.24) is 10.6 Å². The van der Waals surface area contributed by atoms with Gasteiger partial charge in [0.25, 0.3) is 0 Å². The normalized spacial score (nSPS) is 19.1. The minimum absolute atomic E-state index is 0.0537. The van der Waals surface area contributed by atoms with Crippen LogP contribution in [-0.4, -0.2) is 24.1 Å². The lowest BCUT2D eigenvalue weighted by atomic mass is 9.92. The Morgan fingerprint density at radius 2 is 1.62 bits per heavy atom. The highest BCUT2D eigenvalue weighted by Crippen LogP contribution is 2.14. The van der Waals surface area contributed by atoms with Gasteiger partial charge in [0.15, 0.2) is 0 Å². The van der Waals surface area contributed by atoms with Crippen molar-refractivity contribution in [3.8, 4) is 0 Å². The van der Waals surface area contributed by atoms with Crippen LogP contribution in [0.5, 0.6) is 0 Å². The van der Waals surface area contributed by atoms with E-state index in [0.717, 1.165) is 18.4 Å². The average molecular weight is 324 g/mol. The number of rotatable bonds is 6. The lowest BCUT2D eigenvalue weighted by Crippen LogP contribution is -2.69. The summed E-state index contributed by atoms with van der Waals surface area (Å²) in [7, 11) is 0. The first kappa shape index (κ1) is 16.1. The second-order valence-electron chi connectivity index (χ2n) is 5.82. The van der Waals surface area contributed by atoms with Gasteiger partial charge in [0.1, 0.15) is 12.6 Å². The molecule has 2 atom stereocenters. The van der Waals surface area contributed by atoms with Crippen LogP contribution in [0.3, 0.4) is 0 Å². The summed E-state index contributed by atoms with van der Waals surface area (Å²) in [6.07, 6.45) is 1.06. The highest BCUT2D eigenvalue weighted by atomic mass is 16.5. The van der Waals surface area contributed by atoms with Crippen LogP contribution >= 0.6 is 0 Å². The van der Waals surface area contributed by atoms with Crippen molar-refractivity contribution >= 4 is 12.0 Å². The van der Waals surface area contributed by atoms with Crippen molar-refractivity contribution in [3.05, 3.63) is 71.8 Å². The van der Waals surface area contributed by atoms with Gasteiger partial charge in [0, 0.05) is 0 Å². The van der Waals surface area contributed by atoms with Crippen LogP contribution in [0.4, 0.5) is 4.79 Å². The van der Waals surface area contributed by atoms with Gasteiger partial charge in [-0.3, -0.25) is 4.79 Å². The third-order valence-corrected chi connectivity index (χ3v) is 4.09. The third-order valence-electron chi connectivity index (χ3n) is 4.09. The zero-order chi connectivity index (χ0) is 16.8. The Kier molecular flexibility index (Phi) is 5.11. The highest BCUT2D eigenvalue weighted by Gasteiger charge is 2.40. The van der Waals surface area contributed by atoms with Gasteiger partial charge < -0.3 is 15.4 Å². The predicted octanol–water partition coefficient (Wildman–Crippen LogP) is 2.41. The Labute approximate surface area is 141 Å². The molecular formula is C19H20N2O3. The molecule has 3 rings (SSSR count). The number of carbonyl (C=O) groups is 2. The number of carbonyl (C=O) groups excluding carboxylic acids is 2. The molecule has 5 heteroatoms. The topological polar surface area (TPSA) is 67.4 Å². The molecule has 1 aliphatic heterocycles. The standard InChI is InChI=1S/C19H20N2O3/c22-18-17(16(20-18)12-11-14-7-3-1-4-8-14)21-19(23)24-13-15-9-5-2-6-10-15/h1-10,16-17H,11-13H2,(H,20,22)(H,21,23)/t16-,17+/m0/s1. The summed E-state index contributed by atoms with van der Waals surface area (Å²) in [6.45, 7) is 0.190. The second-order valence-corrected chi connectivity index (χ2v) is 5.82. The zero-order valence-electron chi connectivity index (χ0n) is 13.3. The van der Waals surface area contributed by atoms with Gasteiger partial charge in [0.05, 0.1) is 6.04 Å². The van der Waals surface area contributed by atoms with Gasteiger partial charge >= 0.3 is 6.09 Å². The zero-order valence-corrected chi connectivity index (χ0v) is 13.3. The second kappa shape index (κ2) is 7.64. The number of β-lactam (4-membered cyclic amide) rings is 1. The largest absolute Gasteiger partial charge is 0.445 e. The van der Waals surface area contributed by atoms with E-state index in [1.165, 1.54) is 5.56 Å². The van der Waals surface area contributed by atoms with E-state index in [1.807, 2.05) is 48.5 Å². The van der Waals surface area contributed by atoms with Crippen molar-refractivity contribution in [1.29, 1.82) is 0 Å². The fourth-order valence-corrected chi connectivity index (χ4v) is 2.71. The van der Waals surface area contributed by atoms with E-state index < -0.39 is 12.1 Å². The van der Waals surface area contributed by atoms with Gasteiger partial charge in [-0.1, -0.05) is 60.7 Å². The molecule has 2 aromatic carbocycles. The minimum atomic E-state index is -0.566. The van der Waals surface area contributed by atoms with Crippen LogP contribution in [0.15, 0.2) is 60.7 Å². The molecule has 0 unspecified atom stereocenters. The Hall–Kier alpha value is -2.82. The van der Waals surface area contributed by atoms with E-state index in [0.29, 0.717) is 0 Å². The minimum Gasteiger partial charge on any atom is -0.445 e. The molecule has 124 valence electrons. The smallest absolute Gasteiger partial charge is 0.408 e. The van der Waals surface area contributed by atoms with Crippen molar-refractivity contribution in [2.45, 2.75) is 31.5 Å². The monoisotopic (exact) mass is 324 g/mol. The first-order valence-corrected chi connectivity index (χ1v) is 8.04. The summed E-state index contributed by atoms with van der Waals surface area (Å²) < 4.78 is 5.16. The Morgan fingerprint density at radius 1 is 1.00 bits per heavy atom. The molecule has 0 aliphatic carbocycles. The van der Waals surface area contributed by atoms with Crippen LogP contribution in [0.25, 0.3) is 0 Å². The third kappa shape index (κ3) is 4.13. The van der Waals surface area contributed by atoms with Gasteiger partial charge in [0.2, 0.25) is 5.91 Å². The summed E-state index contributed by atoms with van der Waals surface area (Å²) in [5, 5.41) is 5.48. The van der Waals surface area contributed by atoms with Gasteiger partial charge in [-0.25, -0.2) is 4.79 Å². The number of alkyl carbamates (subject to hydrolysis) is 1. The van der Waals surface area contributed by atoms with E-state index in [9.17, 15) is 9.59 Å². The van der Waals surface area contributed by atoms with Crippen molar-refractivity contribution < 1.29 is 14.3 Å². The van der Waals surface area contributed by atoms with Gasteiger partial charge in [-0.05, 0) is 24.0 Å². The molecule has 2 aromatic rings. The Morgan fingerprint density at radius 3 is 2.25 bits per heavy atom. The summed E-state index contributed by atoms with van der Waals surface area (Å²) in [4.78, 5) is 23.6. The molecule has 0 saturated carbocycles. The maximum atomic E-state index is 11.9. The molecule has 1 saturated heterocycles. The molecule has 5 nitrogen and oxygen atoms in total. The molecule has 2 amide bonds. The SMILES string of the molecule is O=C(N[C@H]1C(=O)N[C@H]1CCc1ccccc1)OCc1ccccc1. The summed E-state index contributed by atoms with van der Waals surface area (Å²) >= 11 is 0. The fraction of sp³-hybridized carbons (Fsp3) is 0.263. The van der Waals surface area contributed by atoms with E-state index >= 15 is 0 Å². The molecular weight excluding hydrogens is 304 g/mol.